The molecule has 0 unspecified atom stereocenters. The third-order valence-electron chi connectivity index (χ3n) is 1.65. The molecule has 1 nitrogen and oxygen atoms in total. The quantitative estimate of drug-likeness (QED) is 0.467. The molecule has 0 fully saturated rings. The Morgan fingerprint density at radius 1 is 1.18 bits per heavy atom. The van der Waals surface area contributed by atoms with Crippen molar-refractivity contribution in [1.29, 1.82) is 0 Å². The fourth-order valence-electron chi connectivity index (χ4n) is 1.10. The van der Waals surface area contributed by atoms with Crippen molar-refractivity contribution in [3.05, 3.63) is 36.0 Å². The molecule has 0 radical (unpaired) electrons. The summed E-state index contributed by atoms with van der Waals surface area (Å²) < 4.78 is 0. The second-order valence-corrected chi connectivity index (χ2v) is 2.51. The average molecular weight is 169 g/mol. The van der Waals surface area contributed by atoms with Gasteiger partial charge in [0.05, 0.1) is 0 Å². The zero-order chi connectivity index (χ0) is 6.97. The van der Waals surface area contributed by atoms with Gasteiger partial charge < -0.3 is 4.98 Å². The first-order valence-corrected chi connectivity index (χ1v) is 3.34. The fourth-order valence-corrected chi connectivity index (χ4v) is 1.10. The van der Waals surface area contributed by atoms with Crippen LogP contribution in [0.2, 0.25) is 0 Å². The van der Waals surface area contributed by atoms with E-state index in [0.29, 0.717) is 0 Å². The van der Waals surface area contributed by atoms with Gasteiger partial charge in [0.25, 0.3) is 0 Å². The fraction of sp³-hybridized carbons (Fsp3) is 0.111. The van der Waals surface area contributed by atoms with E-state index in [4.69, 9.17) is 0 Å². The second-order valence-electron chi connectivity index (χ2n) is 2.51. The average Bonchev–Trinajstić information content (AvgIpc) is 2.33. The van der Waals surface area contributed by atoms with Gasteiger partial charge in [-0.05, 0) is 12.3 Å². The van der Waals surface area contributed by atoms with Crippen LogP contribution in [0.25, 0.3) is 10.9 Å². The van der Waals surface area contributed by atoms with Gasteiger partial charge in [-0.3, -0.25) is 0 Å². The van der Waals surface area contributed by atoms with E-state index in [9.17, 15) is 0 Å². The Kier molecular flexibility index (Phi) is 3.34. The molecule has 0 bridgehead atoms. The second kappa shape index (κ2) is 3.87. The molecule has 0 spiro atoms. The van der Waals surface area contributed by atoms with Crippen LogP contribution in [0.1, 0.15) is 5.56 Å². The standard InChI is InChI=1S/C9H8N.K/c1-7-2-3-8-4-5-10-9(8)6-7;/h2-6H,1H3;/q-1;+1. The van der Waals surface area contributed by atoms with Crippen molar-refractivity contribution in [2.45, 2.75) is 6.92 Å². The largest absolute Gasteiger partial charge is 1.00 e. The maximum absolute atomic E-state index is 4.18. The molecule has 0 N–H and O–H groups in total. The van der Waals surface area contributed by atoms with E-state index in [1.807, 2.05) is 12.3 Å². The van der Waals surface area contributed by atoms with Crippen molar-refractivity contribution in [3.8, 4) is 0 Å². The summed E-state index contributed by atoms with van der Waals surface area (Å²) in [6, 6.07) is 8.31. The van der Waals surface area contributed by atoms with Crippen LogP contribution in [-0.4, -0.2) is 0 Å². The van der Waals surface area contributed by atoms with Crippen molar-refractivity contribution >= 4 is 10.9 Å². The van der Waals surface area contributed by atoms with Gasteiger partial charge in [0.2, 0.25) is 0 Å². The maximum Gasteiger partial charge on any atom is 1.00 e. The molecule has 0 amide bonds. The molecule has 2 heteroatoms. The van der Waals surface area contributed by atoms with Crippen molar-refractivity contribution in [3.63, 3.8) is 0 Å². The monoisotopic (exact) mass is 169 g/mol. The zero-order valence-corrected chi connectivity index (χ0v) is 9.96. The summed E-state index contributed by atoms with van der Waals surface area (Å²) in [5.74, 6) is 0. The predicted octanol–water partition coefficient (Wildman–Crippen LogP) is -0.891. The van der Waals surface area contributed by atoms with Crippen LogP contribution in [0, 0.1) is 6.92 Å². The van der Waals surface area contributed by atoms with Gasteiger partial charge in [-0.1, -0.05) is 29.8 Å². The Morgan fingerprint density at radius 3 is 2.82 bits per heavy atom. The van der Waals surface area contributed by atoms with E-state index in [1.54, 1.807) is 0 Å². The minimum atomic E-state index is 0. The Labute approximate surface area is 109 Å². The molecule has 0 aliphatic heterocycles. The molecule has 1 heterocycles. The number of nitrogens with zero attached hydrogens (tertiary/aromatic N) is 1. The van der Waals surface area contributed by atoms with E-state index in [2.05, 4.69) is 30.1 Å². The molecular weight excluding hydrogens is 161 g/mol. The molecule has 0 saturated heterocycles. The van der Waals surface area contributed by atoms with Crippen molar-refractivity contribution in [2.24, 2.45) is 0 Å². The summed E-state index contributed by atoms with van der Waals surface area (Å²) in [6.45, 7) is 2.08. The molecule has 1 aromatic carbocycles. The van der Waals surface area contributed by atoms with Gasteiger partial charge >= 0.3 is 51.4 Å². The molecule has 11 heavy (non-hydrogen) atoms. The molecule has 2 aromatic rings. The molecule has 0 atom stereocenters. The first-order chi connectivity index (χ1) is 4.86. The van der Waals surface area contributed by atoms with Gasteiger partial charge in [0.1, 0.15) is 0 Å². The molecular formula is C9H8KN. The minimum Gasteiger partial charge on any atom is -0.664 e. The van der Waals surface area contributed by atoms with E-state index in [-0.39, 0.29) is 51.4 Å². The van der Waals surface area contributed by atoms with Gasteiger partial charge in [0.15, 0.2) is 0 Å². The molecule has 50 valence electrons. The molecule has 0 saturated carbocycles. The van der Waals surface area contributed by atoms with E-state index in [0.717, 1.165) is 5.52 Å². The Hall–Kier alpha value is 0.396. The van der Waals surface area contributed by atoms with E-state index < -0.39 is 0 Å². The predicted molar refractivity (Wildman–Crippen MR) is 42.0 cm³/mol. The van der Waals surface area contributed by atoms with E-state index in [1.165, 1.54) is 10.9 Å². The molecule has 0 aliphatic rings. The van der Waals surface area contributed by atoms with Crippen molar-refractivity contribution in [1.82, 2.24) is 4.98 Å². The van der Waals surface area contributed by atoms with Crippen LogP contribution < -0.4 is 56.4 Å². The van der Waals surface area contributed by atoms with Crippen LogP contribution in [0.3, 0.4) is 0 Å². The Morgan fingerprint density at radius 2 is 2.00 bits per heavy atom. The molecule has 0 aliphatic carbocycles. The maximum atomic E-state index is 4.18. The van der Waals surface area contributed by atoms with Crippen LogP contribution in [0.5, 0.6) is 0 Å². The van der Waals surface area contributed by atoms with Gasteiger partial charge in [-0.2, -0.15) is 6.20 Å². The molecule has 2 rings (SSSR count). The number of rotatable bonds is 0. The number of hydrogen-bond acceptors (Lipinski definition) is 0. The SMILES string of the molecule is Cc1ccc2cc[n-]c2c1.[K+]. The summed E-state index contributed by atoms with van der Waals surface area (Å²) in [5, 5.41) is 1.23. The Balaban J connectivity index is 0.000000605. The summed E-state index contributed by atoms with van der Waals surface area (Å²) in [4.78, 5) is 4.18. The van der Waals surface area contributed by atoms with Gasteiger partial charge in [-0.25, -0.2) is 0 Å². The number of aromatic nitrogens is 1. The van der Waals surface area contributed by atoms with Crippen molar-refractivity contribution in [2.75, 3.05) is 0 Å². The van der Waals surface area contributed by atoms with Gasteiger partial charge in [-0.15, -0.1) is 5.52 Å². The van der Waals surface area contributed by atoms with Crippen LogP contribution in [-0.2, 0) is 0 Å². The summed E-state index contributed by atoms with van der Waals surface area (Å²) in [7, 11) is 0. The Bertz CT molecular complexity index is 351. The first kappa shape index (κ1) is 9.48. The first-order valence-electron chi connectivity index (χ1n) is 3.34. The van der Waals surface area contributed by atoms with Crippen LogP contribution in [0.4, 0.5) is 0 Å². The zero-order valence-electron chi connectivity index (χ0n) is 6.83. The number of hydrogen-bond donors (Lipinski definition) is 0. The van der Waals surface area contributed by atoms with Crippen LogP contribution >= 0.6 is 0 Å². The van der Waals surface area contributed by atoms with Crippen LogP contribution in [0.15, 0.2) is 30.5 Å². The minimum absolute atomic E-state index is 0. The third-order valence-corrected chi connectivity index (χ3v) is 1.65. The van der Waals surface area contributed by atoms with E-state index >= 15 is 0 Å². The summed E-state index contributed by atoms with van der Waals surface area (Å²) >= 11 is 0. The molecule has 1 aromatic heterocycles. The normalized spacial score (nSPS) is 9.55. The third kappa shape index (κ3) is 1.95. The summed E-state index contributed by atoms with van der Waals surface area (Å²) in [6.07, 6.45) is 1.84. The number of aryl methyl sites for hydroxylation is 1. The smallest absolute Gasteiger partial charge is 0.664 e. The number of benzene rings is 1. The van der Waals surface area contributed by atoms with Gasteiger partial charge in [0, 0.05) is 0 Å². The topological polar surface area (TPSA) is 14.1 Å². The summed E-state index contributed by atoms with van der Waals surface area (Å²) in [5.41, 5.74) is 2.37. The van der Waals surface area contributed by atoms with Crippen molar-refractivity contribution < 1.29 is 51.4 Å². The number of fused-ring (bicyclic) bond motifs is 1.